The highest BCUT2D eigenvalue weighted by atomic mass is 16.2. The molecule has 0 fully saturated rings. The highest BCUT2D eigenvalue weighted by Gasteiger charge is 2.33. The second kappa shape index (κ2) is 6.10. The first-order valence-corrected chi connectivity index (χ1v) is 12.3. The van der Waals surface area contributed by atoms with Gasteiger partial charge in [0.25, 0.3) is 17.4 Å². The molecule has 2 atom stereocenters. The molecule has 5 aromatic carbocycles. The molecule has 6 heteroatoms. The molecule has 6 aromatic rings. The number of pyridine rings is 1. The van der Waals surface area contributed by atoms with Crippen LogP contribution in [0.3, 0.4) is 0 Å². The molecule has 1 aromatic heterocycles. The molecular formula is C31H17N3O3. The summed E-state index contributed by atoms with van der Waals surface area (Å²) in [5.74, 6) is -0.571. The van der Waals surface area contributed by atoms with E-state index in [-0.39, 0.29) is 29.5 Å². The zero-order valence-corrected chi connectivity index (χ0v) is 19.6. The first-order valence-electron chi connectivity index (χ1n) is 12.3. The Morgan fingerprint density at radius 1 is 0.622 bits per heavy atom. The number of hydrogen-bond donors (Lipinski definition) is 0. The average Bonchev–Trinajstić information content (AvgIpc) is 3.32. The van der Waals surface area contributed by atoms with Gasteiger partial charge in [0.05, 0.1) is 12.1 Å². The van der Waals surface area contributed by atoms with Crippen LogP contribution in [0.15, 0.2) is 82.6 Å². The van der Waals surface area contributed by atoms with Crippen LogP contribution in [-0.2, 0) is 0 Å². The van der Waals surface area contributed by atoms with Crippen molar-refractivity contribution in [3.8, 4) is 0 Å². The van der Waals surface area contributed by atoms with E-state index in [1.807, 2.05) is 65.3 Å². The molecule has 0 saturated heterocycles. The monoisotopic (exact) mass is 479 g/mol. The lowest BCUT2D eigenvalue weighted by Gasteiger charge is -2.26. The number of benzene rings is 5. The fourth-order valence-corrected chi connectivity index (χ4v) is 6.91. The SMILES string of the molecule is CN1C(=O)c2ccc3c4ccc5c(=O)n6c(c7ccc(c8ccc(c2c38)C1=O)c4c57)=NC1C=CC=CC16. The Kier molecular flexibility index (Phi) is 3.19. The molecule has 37 heavy (non-hydrogen) atoms. The number of nitrogens with zero attached hydrogens (tertiary/aromatic N) is 3. The van der Waals surface area contributed by atoms with Gasteiger partial charge in [-0.2, -0.15) is 0 Å². The zero-order valence-electron chi connectivity index (χ0n) is 19.6. The summed E-state index contributed by atoms with van der Waals surface area (Å²) in [4.78, 5) is 46.0. The van der Waals surface area contributed by atoms with Crippen LogP contribution in [0, 0.1) is 0 Å². The number of carbonyl (C=O) groups excluding carboxylic acids is 2. The zero-order chi connectivity index (χ0) is 24.7. The van der Waals surface area contributed by atoms with E-state index in [4.69, 9.17) is 4.99 Å². The molecule has 9 rings (SSSR count). The number of carbonyl (C=O) groups is 2. The Balaban J connectivity index is 1.53. The van der Waals surface area contributed by atoms with Gasteiger partial charge in [0.1, 0.15) is 5.49 Å². The second-order valence-corrected chi connectivity index (χ2v) is 10.2. The van der Waals surface area contributed by atoms with Crippen LogP contribution in [0.25, 0.3) is 53.9 Å². The van der Waals surface area contributed by atoms with E-state index in [0.717, 1.165) is 48.6 Å². The fourth-order valence-electron chi connectivity index (χ4n) is 6.91. The van der Waals surface area contributed by atoms with E-state index in [0.29, 0.717) is 21.9 Å². The van der Waals surface area contributed by atoms with Gasteiger partial charge in [-0.05, 0) is 56.6 Å². The Morgan fingerprint density at radius 2 is 1.14 bits per heavy atom. The molecule has 3 heterocycles. The maximum Gasteiger partial charge on any atom is 0.261 e. The largest absolute Gasteiger partial charge is 0.283 e. The van der Waals surface area contributed by atoms with Gasteiger partial charge in [-0.15, -0.1) is 0 Å². The molecule has 0 saturated carbocycles. The van der Waals surface area contributed by atoms with Gasteiger partial charge in [0, 0.05) is 39.7 Å². The third-order valence-electron chi connectivity index (χ3n) is 8.54. The highest BCUT2D eigenvalue weighted by Crippen LogP contribution is 2.45. The van der Waals surface area contributed by atoms with Gasteiger partial charge in [-0.25, -0.2) is 0 Å². The molecule has 2 aliphatic heterocycles. The predicted octanol–water partition coefficient (Wildman–Crippen LogP) is 4.67. The molecule has 1 aliphatic carbocycles. The lowest BCUT2D eigenvalue weighted by atomic mass is 9.84. The number of hydrogen-bond acceptors (Lipinski definition) is 4. The first-order chi connectivity index (χ1) is 18.0. The van der Waals surface area contributed by atoms with Gasteiger partial charge in [-0.3, -0.25) is 28.8 Å². The van der Waals surface area contributed by atoms with E-state index in [1.165, 1.54) is 11.9 Å². The number of amides is 2. The molecule has 0 bridgehead atoms. The summed E-state index contributed by atoms with van der Waals surface area (Å²) in [6, 6.07) is 15.5. The third kappa shape index (κ3) is 2.03. The molecule has 2 amide bonds. The molecule has 6 nitrogen and oxygen atoms in total. The Bertz CT molecular complexity index is 2220. The van der Waals surface area contributed by atoms with E-state index < -0.39 is 0 Å². The van der Waals surface area contributed by atoms with Crippen LogP contribution >= 0.6 is 0 Å². The summed E-state index contributed by atoms with van der Waals surface area (Å²) in [5.41, 5.74) is 1.78. The van der Waals surface area contributed by atoms with Crippen molar-refractivity contribution in [3.05, 3.63) is 99.8 Å². The van der Waals surface area contributed by atoms with Crippen molar-refractivity contribution >= 4 is 65.7 Å². The van der Waals surface area contributed by atoms with E-state index in [9.17, 15) is 14.4 Å². The van der Waals surface area contributed by atoms with Crippen LogP contribution in [0.1, 0.15) is 26.8 Å². The van der Waals surface area contributed by atoms with Crippen LogP contribution in [0.2, 0.25) is 0 Å². The van der Waals surface area contributed by atoms with Gasteiger partial charge >= 0.3 is 0 Å². The Morgan fingerprint density at radius 3 is 1.81 bits per heavy atom. The van der Waals surface area contributed by atoms with E-state index >= 15 is 0 Å². The lowest BCUT2D eigenvalue weighted by Crippen LogP contribution is -2.36. The van der Waals surface area contributed by atoms with Gasteiger partial charge < -0.3 is 0 Å². The maximum absolute atomic E-state index is 13.9. The average molecular weight is 479 g/mol. The number of fused-ring (bicyclic) bond motifs is 6. The molecular weight excluding hydrogens is 462 g/mol. The first kappa shape index (κ1) is 19.4. The van der Waals surface area contributed by atoms with Crippen LogP contribution < -0.4 is 11.0 Å². The van der Waals surface area contributed by atoms with Crippen LogP contribution in [-0.4, -0.2) is 34.4 Å². The summed E-state index contributed by atoms with van der Waals surface area (Å²) in [6.45, 7) is 0. The van der Waals surface area contributed by atoms with Crippen molar-refractivity contribution in [2.24, 2.45) is 4.99 Å². The number of allylic oxidation sites excluding steroid dienone is 2. The number of aromatic nitrogens is 1. The quantitative estimate of drug-likeness (QED) is 0.181. The maximum atomic E-state index is 13.9. The van der Waals surface area contributed by atoms with Crippen molar-refractivity contribution in [1.29, 1.82) is 0 Å². The number of rotatable bonds is 0. The molecule has 0 radical (unpaired) electrons. The van der Waals surface area contributed by atoms with Crippen molar-refractivity contribution in [2.45, 2.75) is 12.1 Å². The van der Waals surface area contributed by atoms with Crippen molar-refractivity contribution < 1.29 is 9.59 Å². The Hall–Kier alpha value is -4.84. The van der Waals surface area contributed by atoms with E-state index in [1.54, 1.807) is 0 Å². The summed E-state index contributed by atoms with van der Waals surface area (Å²) < 4.78 is 1.83. The third-order valence-corrected chi connectivity index (χ3v) is 8.54. The minimum atomic E-state index is -0.285. The summed E-state index contributed by atoms with van der Waals surface area (Å²) in [7, 11) is 1.53. The summed E-state index contributed by atoms with van der Waals surface area (Å²) in [6.07, 6.45) is 8.05. The van der Waals surface area contributed by atoms with Crippen LogP contribution in [0.4, 0.5) is 0 Å². The van der Waals surface area contributed by atoms with Gasteiger partial charge in [-0.1, -0.05) is 48.6 Å². The normalized spacial score (nSPS) is 20.2. The molecule has 0 N–H and O–H groups in total. The lowest BCUT2D eigenvalue weighted by molar-refractivity contribution is 0.0651. The van der Waals surface area contributed by atoms with Gasteiger partial charge in [0.2, 0.25) is 0 Å². The summed E-state index contributed by atoms with van der Waals surface area (Å²) in [5, 5.41) is 9.17. The number of imide groups is 1. The minimum absolute atomic E-state index is 0.0299. The van der Waals surface area contributed by atoms with Gasteiger partial charge in [0.15, 0.2) is 0 Å². The predicted molar refractivity (Wildman–Crippen MR) is 144 cm³/mol. The van der Waals surface area contributed by atoms with Crippen molar-refractivity contribution in [3.63, 3.8) is 0 Å². The van der Waals surface area contributed by atoms with E-state index in [2.05, 4.69) is 12.1 Å². The highest BCUT2D eigenvalue weighted by molar-refractivity contribution is 6.40. The molecule has 3 aliphatic rings. The Labute approximate surface area is 208 Å². The second-order valence-electron chi connectivity index (χ2n) is 10.2. The smallest absolute Gasteiger partial charge is 0.261 e. The molecule has 174 valence electrons. The molecule has 0 spiro atoms. The van der Waals surface area contributed by atoms with Crippen LogP contribution in [0.5, 0.6) is 0 Å². The van der Waals surface area contributed by atoms with Crippen molar-refractivity contribution in [2.75, 3.05) is 7.05 Å². The standard InChI is InChI=1S/C31H17N3O3/c1-33-29(35)19-11-7-16-14-6-10-18-26-21(31(37)34-23-5-3-2-4-22(23)32-28(18)34)13-9-15(24(14)26)17-8-12-20(30(33)36)27(19)25(16)17/h2-13,22-23H,1H3. The topological polar surface area (TPSA) is 71.7 Å². The summed E-state index contributed by atoms with van der Waals surface area (Å²) >= 11 is 0. The van der Waals surface area contributed by atoms with Crippen molar-refractivity contribution in [1.82, 2.24) is 9.47 Å². The fraction of sp³-hybridized carbons (Fsp3) is 0.0968. The molecule has 2 unspecified atom stereocenters. The minimum Gasteiger partial charge on any atom is -0.283 e.